The summed E-state index contributed by atoms with van der Waals surface area (Å²) in [6, 6.07) is 17.0. The van der Waals surface area contributed by atoms with Crippen molar-refractivity contribution in [2.45, 2.75) is 57.8 Å². The number of pyridine rings is 1. The van der Waals surface area contributed by atoms with Crippen molar-refractivity contribution in [2.75, 3.05) is 13.6 Å². The number of benzene rings is 2. The van der Waals surface area contributed by atoms with E-state index in [1.807, 2.05) is 30.3 Å². The molecule has 2 atom stereocenters. The summed E-state index contributed by atoms with van der Waals surface area (Å²) in [5.41, 5.74) is 1.57. The Hall–Kier alpha value is -4.06. The molecule has 0 aliphatic rings. The molecule has 2 aromatic carbocycles. The van der Waals surface area contributed by atoms with Crippen molar-refractivity contribution in [3.63, 3.8) is 0 Å². The Balaban J connectivity index is 1.42. The van der Waals surface area contributed by atoms with Crippen molar-refractivity contribution >= 4 is 23.2 Å². The first kappa shape index (κ1) is 32.8. The summed E-state index contributed by atoms with van der Waals surface area (Å²) in [4.78, 5) is 36.3. The van der Waals surface area contributed by atoms with Crippen LogP contribution in [0, 0.1) is 0 Å². The van der Waals surface area contributed by atoms with Crippen molar-refractivity contribution in [1.29, 1.82) is 0 Å². The number of halogens is 2. The van der Waals surface area contributed by atoms with Gasteiger partial charge in [0.25, 0.3) is 11.8 Å². The molecule has 8 nitrogen and oxygen atoms in total. The van der Waals surface area contributed by atoms with Crippen LogP contribution in [0.1, 0.15) is 62.0 Å². The zero-order chi connectivity index (χ0) is 31.7. The Morgan fingerprint density at radius 1 is 1.05 bits per heavy atom. The molecule has 4 aromatic rings. The van der Waals surface area contributed by atoms with E-state index in [1.165, 1.54) is 42.3 Å². The second kappa shape index (κ2) is 15.1. The molecule has 0 fully saturated rings. The van der Waals surface area contributed by atoms with E-state index in [-0.39, 0.29) is 24.6 Å². The van der Waals surface area contributed by atoms with E-state index >= 15 is 0 Å². The molecule has 232 valence electrons. The first-order valence-corrected chi connectivity index (χ1v) is 15.1. The molecule has 0 aliphatic carbocycles. The highest BCUT2D eigenvalue weighted by Gasteiger charge is 2.24. The second-order valence-electron chi connectivity index (χ2n) is 11.1. The third-order valence-electron chi connectivity index (χ3n) is 7.07. The molecule has 0 radical (unpaired) electrons. The van der Waals surface area contributed by atoms with Crippen LogP contribution in [-0.2, 0) is 31.9 Å². The Bertz CT molecular complexity index is 1540. The number of hydrogen-bond donors (Lipinski definition) is 3. The Morgan fingerprint density at radius 2 is 1.80 bits per heavy atom. The predicted octanol–water partition coefficient (Wildman–Crippen LogP) is 4.98. The number of carbonyl (C=O) groups excluding carboxylic acids is 2. The predicted molar refractivity (Wildman–Crippen MR) is 167 cm³/mol. The lowest BCUT2D eigenvalue weighted by molar-refractivity contribution is 0.0784. The average molecular weight is 622 g/mol. The highest BCUT2D eigenvalue weighted by Crippen LogP contribution is 2.24. The number of amides is 2. The molecule has 11 heteroatoms. The molecule has 0 bridgehead atoms. The quantitative estimate of drug-likeness (QED) is 0.184. The molecular weight excluding hydrogens is 584 g/mol. The van der Waals surface area contributed by atoms with E-state index in [9.17, 15) is 23.5 Å². The third-order valence-corrected chi connectivity index (χ3v) is 7.95. The number of thiazole rings is 1. The minimum Gasteiger partial charge on any atom is -0.390 e. The summed E-state index contributed by atoms with van der Waals surface area (Å²) in [6.07, 6.45) is 2.55. The highest BCUT2D eigenvalue weighted by atomic mass is 32.1. The van der Waals surface area contributed by atoms with Crippen molar-refractivity contribution < 1.29 is 23.5 Å². The zero-order valence-corrected chi connectivity index (χ0v) is 25.8. The normalized spacial score (nSPS) is 12.9. The van der Waals surface area contributed by atoms with Gasteiger partial charge in [-0.15, -0.1) is 11.3 Å². The van der Waals surface area contributed by atoms with Crippen LogP contribution in [0.25, 0.3) is 0 Å². The van der Waals surface area contributed by atoms with E-state index in [0.29, 0.717) is 34.8 Å². The number of nitrogens with zero attached hydrogens (tertiary/aromatic N) is 3. The summed E-state index contributed by atoms with van der Waals surface area (Å²) >= 11 is 1.28. The molecule has 3 N–H and O–H groups in total. The maximum absolute atomic E-state index is 14.4. The first-order valence-electron chi connectivity index (χ1n) is 14.2. The minimum absolute atomic E-state index is 0.158. The molecule has 0 saturated carbocycles. The molecule has 2 aromatic heterocycles. The first-order chi connectivity index (χ1) is 21.0. The fourth-order valence-electron chi connectivity index (χ4n) is 4.59. The van der Waals surface area contributed by atoms with Gasteiger partial charge in [-0.1, -0.05) is 36.4 Å². The van der Waals surface area contributed by atoms with E-state index in [0.717, 1.165) is 11.1 Å². The number of aromatic nitrogens is 2. The smallest absolute Gasteiger partial charge is 0.253 e. The molecule has 0 spiro atoms. The lowest BCUT2D eigenvalue weighted by atomic mass is 9.99. The molecule has 2 heterocycles. The lowest BCUT2D eigenvalue weighted by Crippen LogP contribution is -2.48. The van der Waals surface area contributed by atoms with E-state index < -0.39 is 30.4 Å². The average Bonchev–Trinajstić information content (AvgIpc) is 3.48. The number of nitrogens with one attached hydrogen (secondary N) is 2. The van der Waals surface area contributed by atoms with Gasteiger partial charge in [-0.25, -0.2) is 13.8 Å². The summed E-state index contributed by atoms with van der Waals surface area (Å²) in [5.74, 6) is -0.742. The second-order valence-corrected chi connectivity index (χ2v) is 12.1. The van der Waals surface area contributed by atoms with Crippen LogP contribution in [0.3, 0.4) is 0 Å². The van der Waals surface area contributed by atoms with Gasteiger partial charge < -0.3 is 20.6 Å². The minimum atomic E-state index is -1.52. The largest absolute Gasteiger partial charge is 0.390 e. The van der Waals surface area contributed by atoms with E-state index in [1.54, 1.807) is 42.9 Å². The summed E-state index contributed by atoms with van der Waals surface area (Å²) in [7, 11) is 1.62. The standard InChI is InChI=1S/C33H37F2N5O3S/c1-33(2,35)26-12-23(16-36-18-26)17-37-19-29(41)28(13-22-8-5-4-6-9-22)39-31(42)24-10-7-11-25(14-24)32(43)40(3)20-30-38-27(15-34)21-44-30/h4-12,14,16,18,21,28-29,37,41H,13,15,17,19-20H2,1-3H3,(H,39,42)/t28-,29+/m0/s1. The van der Waals surface area contributed by atoms with Gasteiger partial charge in [0, 0.05) is 54.6 Å². The maximum Gasteiger partial charge on any atom is 0.253 e. The summed E-state index contributed by atoms with van der Waals surface area (Å²) in [5, 5.41) is 19.5. The molecule has 2 amide bonds. The number of aliphatic hydroxyl groups excluding tert-OH is 1. The van der Waals surface area contributed by atoms with Crippen LogP contribution >= 0.6 is 11.3 Å². The number of rotatable bonds is 14. The van der Waals surface area contributed by atoms with Crippen molar-refractivity contribution in [2.24, 2.45) is 0 Å². The fourth-order valence-corrected chi connectivity index (χ4v) is 5.42. The van der Waals surface area contributed by atoms with Gasteiger partial charge >= 0.3 is 0 Å². The third kappa shape index (κ3) is 9.22. The summed E-state index contributed by atoms with van der Waals surface area (Å²) in [6.45, 7) is 3.01. The molecule has 0 saturated heterocycles. The fraction of sp³-hybridized carbons (Fsp3) is 0.333. The topological polar surface area (TPSA) is 107 Å². The van der Waals surface area contributed by atoms with Crippen LogP contribution in [0.2, 0.25) is 0 Å². The van der Waals surface area contributed by atoms with Crippen molar-refractivity contribution in [3.05, 3.63) is 117 Å². The van der Waals surface area contributed by atoms with Crippen molar-refractivity contribution in [3.8, 4) is 0 Å². The van der Waals surface area contributed by atoms with Gasteiger partial charge in [0.15, 0.2) is 0 Å². The molecule has 0 aliphatic heterocycles. The Morgan fingerprint density at radius 3 is 2.50 bits per heavy atom. The van der Waals surface area contributed by atoms with Gasteiger partial charge in [-0.3, -0.25) is 14.6 Å². The van der Waals surface area contributed by atoms with E-state index in [2.05, 4.69) is 20.6 Å². The van der Waals surface area contributed by atoms with Gasteiger partial charge in [0.2, 0.25) is 0 Å². The van der Waals surface area contributed by atoms with Gasteiger partial charge in [-0.2, -0.15) is 0 Å². The monoisotopic (exact) mass is 621 g/mol. The van der Waals surface area contributed by atoms with E-state index in [4.69, 9.17) is 0 Å². The van der Waals surface area contributed by atoms with Crippen molar-refractivity contribution in [1.82, 2.24) is 25.5 Å². The lowest BCUT2D eigenvalue weighted by Gasteiger charge is -2.25. The molecule has 0 unspecified atom stereocenters. The Kier molecular flexibility index (Phi) is 11.3. The molecular formula is C33H37F2N5O3S. The summed E-state index contributed by atoms with van der Waals surface area (Å²) < 4.78 is 27.2. The zero-order valence-electron chi connectivity index (χ0n) is 25.0. The maximum atomic E-state index is 14.4. The SMILES string of the molecule is CN(Cc1nc(CF)cs1)C(=O)c1cccc(C(=O)N[C@@H](Cc2ccccc2)[C@H](O)CNCc2cncc(C(C)(C)F)c2)c1. The van der Waals surface area contributed by atoms with Crippen LogP contribution in [0.4, 0.5) is 8.78 Å². The molecule has 44 heavy (non-hydrogen) atoms. The number of hydrogen-bond acceptors (Lipinski definition) is 7. The van der Waals surface area contributed by atoms with Gasteiger partial charge in [0.05, 0.1) is 24.4 Å². The number of aliphatic hydroxyl groups is 1. The molecule has 4 rings (SSSR count). The van der Waals surface area contributed by atoms with Crippen LogP contribution in [0.5, 0.6) is 0 Å². The van der Waals surface area contributed by atoms with Crippen LogP contribution in [-0.4, -0.2) is 57.5 Å². The van der Waals surface area contributed by atoms with Crippen LogP contribution in [0.15, 0.2) is 78.4 Å². The van der Waals surface area contributed by atoms with Crippen LogP contribution < -0.4 is 10.6 Å². The highest BCUT2D eigenvalue weighted by molar-refractivity contribution is 7.09. The van der Waals surface area contributed by atoms with Gasteiger partial charge in [0.1, 0.15) is 17.4 Å². The number of alkyl halides is 2. The number of carbonyl (C=O) groups is 2. The van der Waals surface area contributed by atoms with Gasteiger partial charge in [-0.05, 0) is 55.7 Å². The Labute approximate surface area is 260 Å².